The molecule has 0 saturated heterocycles. The van der Waals surface area contributed by atoms with Gasteiger partial charge in [-0.25, -0.2) is 0 Å². The largest absolute Gasteiger partial charge is 0.314 e. The van der Waals surface area contributed by atoms with Crippen LogP contribution in [0, 0.1) is 0 Å². The van der Waals surface area contributed by atoms with Crippen LogP contribution in [0.2, 0.25) is 0 Å². The summed E-state index contributed by atoms with van der Waals surface area (Å²) in [6.45, 7) is 3.44. The molecule has 0 heterocycles. The highest BCUT2D eigenvalue weighted by Gasteiger charge is 2.10. The van der Waals surface area contributed by atoms with Crippen molar-refractivity contribution in [3.05, 3.63) is 0 Å². The zero-order valence-corrected chi connectivity index (χ0v) is 8.25. The van der Waals surface area contributed by atoms with Crippen LogP contribution >= 0.6 is 12.4 Å². The highest BCUT2D eigenvalue weighted by atomic mass is 35.5. The molecule has 1 fully saturated rings. The quantitative estimate of drug-likeness (QED) is 0.699. The van der Waals surface area contributed by atoms with E-state index >= 15 is 0 Å². The second kappa shape index (κ2) is 6.93. The molecule has 2 heteroatoms. The third kappa shape index (κ3) is 4.65. The smallest absolute Gasteiger partial charge is 0.00670 e. The van der Waals surface area contributed by atoms with Gasteiger partial charge in [0.15, 0.2) is 0 Å². The van der Waals surface area contributed by atoms with E-state index < -0.39 is 0 Å². The standard InChI is InChI=1S/C9H19N.ClH/c1-2-8-10-9-6-4-3-5-7-9;/h9-10H,2-8H2,1H3;1H. The first-order valence-corrected chi connectivity index (χ1v) is 4.67. The molecule has 0 aliphatic heterocycles. The summed E-state index contributed by atoms with van der Waals surface area (Å²) in [7, 11) is 0. The molecular formula is C9H20ClN. The van der Waals surface area contributed by atoms with Gasteiger partial charge in [-0.3, -0.25) is 0 Å². The minimum Gasteiger partial charge on any atom is -0.314 e. The fraction of sp³-hybridized carbons (Fsp3) is 1.00. The maximum atomic E-state index is 3.57. The predicted molar refractivity (Wildman–Crippen MR) is 52.4 cm³/mol. The lowest BCUT2D eigenvalue weighted by Crippen LogP contribution is -2.31. The summed E-state index contributed by atoms with van der Waals surface area (Å²) >= 11 is 0. The van der Waals surface area contributed by atoms with E-state index in [1.165, 1.54) is 45.1 Å². The number of hydrogen-bond acceptors (Lipinski definition) is 1. The molecular weight excluding hydrogens is 158 g/mol. The number of rotatable bonds is 3. The van der Waals surface area contributed by atoms with Crippen LogP contribution in [0.4, 0.5) is 0 Å². The van der Waals surface area contributed by atoms with Crippen LogP contribution < -0.4 is 5.32 Å². The summed E-state index contributed by atoms with van der Waals surface area (Å²) in [5.74, 6) is 0. The van der Waals surface area contributed by atoms with Crippen molar-refractivity contribution in [1.29, 1.82) is 0 Å². The highest BCUT2D eigenvalue weighted by Crippen LogP contribution is 2.16. The first-order chi connectivity index (χ1) is 4.93. The molecule has 1 N–H and O–H groups in total. The van der Waals surface area contributed by atoms with E-state index in [0.717, 1.165) is 6.04 Å². The zero-order chi connectivity index (χ0) is 7.23. The molecule has 1 aliphatic rings. The van der Waals surface area contributed by atoms with E-state index in [9.17, 15) is 0 Å². The van der Waals surface area contributed by atoms with E-state index in [4.69, 9.17) is 0 Å². The zero-order valence-electron chi connectivity index (χ0n) is 7.44. The normalized spacial score (nSPS) is 19.4. The number of nitrogens with one attached hydrogen (secondary N) is 1. The van der Waals surface area contributed by atoms with Crippen molar-refractivity contribution in [3.8, 4) is 0 Å². The van der Waals surface area contributed by atoms with Crippen LogP contribution in [0.1, 0.15) is 45.4 Å². The maximum absolute atomic E-state index is 3.57. The van der Waals surface area contributed by atoms with Crippen molar-refractivity contribution < 1.29 is 0 Å². The fourth-order valence-corrected chi connectivity index (χ4v) is 1.66. The molecule has 1 saturated carbocycles. The Morgan fingerprint density at radius 1 is 1.18 bits per heavy atom. The molecule has 11 heavy (non-hydrogen) atoms. The van der Waals surface area contributed by atoms with Crippen LogP contribution in [0.5, 0.6) is 0 Å². The van der Waals surface area contributed by atoms with Gasteiger partial charge in [0.05, 0.1) is 0 Å². The van der Waals surface area contributed by atoms with Crippen LogP contribution in [-0.4, -0.2) is 12.6 Å². The van der Waals surface area contributed by atoms with Gasteiger partial charge in [0.1, 0.15) is 0 Å². The van der Waals surface area contributed by atoms with Gasteiger partial charge in [0.2, 0.25) is 0 Å². The Kier molecular flexibility index (Phi) is 7.09. The van der Waals surface area contributed by atoms with Crippen molar-refractivity contribution in [2.75, 3.05) is 6.54 Å². The summed E-state index contributed by atoms with van der Waals surface area (Å²) in [5.41, 5.74) is 0. The molecule has 0 atom stereocenters. The van der Waals surface area contributed by atoms with Crippen molar-refractivity contribution in [1.82, 2.24) is 5.32 Å². The van der Waals surface area contributed by atoms with Crippen LogP contribution in [0.3, 0.4) is 0 Å². The Bertz CT molecular complexity index is 79.6. The van der Waals surface area contributed by atoms with Crippen molar-refractivity contribution in [2.45, 2.75) is 51.5 Å². The topological polar surface area (TPSA) is 12.0 Å². The van der Waals surface area contributed by atoms with Gasteiger partial charge in [-0.2, -0.15) is 0 Å². The van der Waals surface area contributed by atoms with Gasteiger partial charge < -0.3 is 5.32 Å². The van der Waals surface area contributed by atoms with Crippen molar-refractivity contribution in [2.24, 2.45) is 0 Å². The van der Waals surface area contributed by atoms with Gasteiger partial charge in [0, 0.05) is 6.04 Å². The minimum atomic E-state index is 0. The third-order valence-electron chi connectivity index (χ3n) is 2.29. The maximum Gasteiger partial charge on any atom is 0.00670 e. The van der Waals surface area contributed by atoms with E-state index in [1.807, 2.05) is 0 Å². The molecule has 1 aliphatic carbocycles. The van der Waals surface area contributed by atoms with E-state index in [0.29, 0.717) is 0 Å². The van der Waals surface area contributed by atoms with Crippen LogP contribution in [0.15, 0.2) is 0 Å². The molecule has 0 amide bonds. The fourth-order valence-electron chi connectivity index (χ4n) is 1.66. The summed E-state index contributed by atoms with van der Waals surface area (Å²) in [4.78, 5) is 0. The molecule has 0 unspecified atom stereocenters. The van der Waals surface area contributed by atoms with Gasteiger partial charge in [-0.1, -0.05) is 26.2 Å². The SMILES string of the molecule is CCCNC1CCCCC1.Cl. The lowest BCUT2D eigenvalue weighted by Gasteiger charge is -2.22. The molecule has 0 aromatic rings. The summed E-state index contributed by atoms with van der Waals surface area (Å²) in [6.07, 6.45) is 8.46. The summed E-state index contributed by atoms with van der Waals surface area (Å²) < 4.78 is 0. The Morgan fingerprint density at radius 2 is 1.82 bits per heavy atom. The third-order valence-corrected chi connectivity index (χ3v) is 2.29. The Balaban J connectivity index is 0.000001000. The van der Waals surface area contributed by atoms with E-state index in [1.54, 1.807) is 0 Å². The van der Waals surface area contributed by atoms with Gasteiger partial charge >= 0.3 is 0 Å². The van der Waals surface area contributed by atoms with Crippen LogP contribution in [-0.2, 0) is 0 Å². The lowest BCUT2D eigenvalue weighted by atomic mass is 9.95. The molecule has 0 bridgehead atoms. The monoisotopic (exact) mass is 177 g/mol. The molecule has 0 aromatic heterocycles. The molecule has 1 rings (SSSR count). The number of halogens is 1. The van der Waals surface area contributed by atoms with E-state index in [2.05, 4.69) is 12.2 Å². The first-order valence-electron chi connectivity index (χ1n) is 4.67. The molecule has 68 valence electrons. The lowest BCUT2D eigenvalue weighted by molar-refractivity contribution is 0.374. The second-order valence-corrected chi connectivity index (χ2v) is 3.29. The van der Waals surface area contributed by atoms with Crippen molar-refractivity contribution in [3.63, 3.8) is 0 Å². The Labute approximate surface area is 76.4 Å². The second-order valence-electron chi connectivity index (χ2n) is 3.29. The molecule has 0 aromatic carbocycles. The summed E-state index contributed by atoms with van der Waals surface area (Å²) in [6, 6.07) is 0.855. The number of hydrogen-bond donors (Lipinski definition) is 1. The van der Waals surface area contributed by atoms with Gasteiger partial charge in [-0.05, 0) is 25.8 Å². The summed E-state index contributed by atoms with van der Waals surface area (Å²) in [5, 5.41) is 3.57. The van der Waals surface area contributed by atoms with Gasteiger partial charge in [0.25, 0.3) is 0 Å². The molecule has 1 nitrogen and oxygen atoms in total. The molecule has 0 radical (unpaired) electrons. The van der Waals surface area contributed by atoms with Crippen molar-refractivity contribution >= 4 is 12.4 Å². The van der Waals surface area contributed by atoms with E-state index in [-0.39, 0.29) is 12.4 Å². The Hall–Kier alpha value is 0.250. The highest BCUT2D eigenvalue weighted by molar-refractivity contribution is 5.85. The average molecular weight is 178 g/mol. The molecule has 0 spiro atoms. The minimum absolute atomic E-state index is 0. The Morgan fingerprint density at radius 3 is 2.36 bits per heavy atom. The van der Waals surface area contributed by atoms with Crippen LogP contribution in [0.25, 0.3) is 0 Å². The first kappa shape index (κ1) is 11.2. The predicted octanol–water partition coefficient (Wildman–Crippen LogP) is 2.74. The average Bonchev–Trinajstić information content (AvgIpc) is 2.03. The van der Waals surface area contributed by atoms with Gasteiger partial charge in [-0.15, -0.1) is 12.4 Å².